The predicted octanol–water partition coefficient (Wildman–Crippen LogP) is 4.92. The van der Waals surface area contributed by atoms with E-state index in [1.165, 1.54) is 0 Å². The van der Waals surface area contributed by atoms with Gasteiger partial charge in [0.05, 0.1) is 15.2 Å². The summed E-state index contributed by atoms with van der Waals surface area (Å²) in [6, 6.07) is 13.0. The molecule has 32 heavy (non-hydrogen) atoms. The van der Waals surface area contributed by atoms with E-state index in [2.05, 4.69) is 27.3 Å². The van der Waals surface area contributed by atoms with E-state index in [0.717, 1.165) is 41.5 Å². The average Bonchev–Trinajstić information content (AvgIpc) is 3.38. The van der Waals surface area contributed by atoms with Crippen LogP contribution in [-0.2, 0) is 0 Å². The molecule has 1 aliphatic heterocycles. The zero-order chi connectivity index (χ0) is 22.2. The van der Waals surface area contributed by atoms with E-state index in [-0.39, 0.29) is 5.91 Å². The maximum absolute atomic E-state index is 13.1. The molecule has 0 saturated carbocycles. The van der Waals surface area contributed by atoms with Crippen LogP contribution >= 0.6 is 22.9 Å². The number of fused-ring (bicyclic) bond motifs is 1. The molecule has 0 aliphatic carbocycles. The number of nitrogens with zero attached hydrogens (tertiary/aromatic N) is 4. The van der Waals surface area contributed by atoms with Crippen molar-refractivity contribution in [3.63, 3.8) is 0 Å². The first-order chi connectivity index (χ1) is 15.5. The van der Waals surface area contributed by atoms with Crippen molar-refractivity contribution in [2.24, 2.45) is 0 Å². The smallest absolute Gasteiger partial charge is 0.261 e. The fraction of sp³-hybridized carbons (Fsp3) is 0.261. The van der Waals surface area contributed by atoms with Gasteiger partial charge in [0.1, 0.15) is 17.0 Å². The first-order valence-electron chi connectivity index (χ1n) is 10.4. The van der Waals surface area contributed by atoms with Gasteiger partial charge < -0.3 is 19.6 Å². The molecule has 1 aliphatic rings. The van der Waals surface area contributed by atoms with Crippen LogP contribution in [0.4, 0.5) is 10.8 Å². The van der Waals surface area contributed by atoms with Gasteiger partial charge in [0.15, 0.2) is 5.13 Å². The third-order valence-corrected chi connectivity index (χ3v) is 7.04. The minimum absolute atomic E-state index is 0.290. The minimum Gasteiger partial charge on any atom is -0.360 e. The van der Waals surface area contributed by atoms with Gasteiger partial charge >= 0.3 is 0 Å². The molecule has 0 radical (unpaired) electrons. The Morgan fingerprint density at radius 1 is 1.16 bits per heavy atom. The summed E-state index contributed by atoms with van der Waals surface area (Å²) in [7, 11) is 2.14. The Kier molecular flexibility index (Phi) is 5.58. The Bertz CT molecular complexity index is 1290. The summed E-state index contributed by atoms with van der Waals surface area (Å²) < 4.78 is 6.36. The van der Waals surface area contributed by atoms with Crippen molar-refractivity contribution < 1.29 is 9.32 Å². The largest absolute Gasteiger partial charge is 0.360 e. The number of halogens is 1. The lowest BCUT2D eigenvalue weighted by Crippen LogP contribution is -2.44. The monoisotopic (exact) mass is 467 g/mol. The van der Waals surface area contributed by atoms with Gasteiger partial charge in [-0.3, -0.25) is 4.79 Å². The van der Waals surface area contributed by atoms with Crippen molar-refractivity contribution in [2.75, 3.05) is 43.4 Å². The number of aryl methyl sites for hydroxylation is 1. The summed E-state index contributed by atoms with van der Waals surface area (Å²) in [5.41, 5.74) is 3.09. The topological polar surface area (TPSA) is 74.5 Å². The number of anilines is 2. The second-order valence-electron chi connectivity index (χ2n) is 7.87. The number of piperazine rings is 1. The molecule has 4 aromatic rings. The van der Waals surface area contributed by atoms with E-state index >= 15 is 0 Å². The fourth-order valence-electron chi connectivity index (χ4n) is 3.79. The lowest BCUT2D eigenvalue weighted by atomic mass is 10.1. The Morgan fingerprint density at radius 2 is 1.94 bits per heavy atom. The van der Waals surface area contributed by atoms with Crippen molar-refractivity contribution in [3.8, 4) is 11.3 Å². The summed E-state index contributed by atoms with van der Waals surface area (Å²) in [6.07, 6.45) is 0. The number of carbonyl (C=O) groups is 1. The van der Waals surface area contributed by atoms with Crippen LogP contribution in [0.25, 0.3) is 21.5 Å². The van der Waals surface area contributed by atoms with E-state index in [1.54, 1.807) is 24.3 Å². The number of hydrogen-bond donors (Lipinski definition) is 1. The van der Waals surface area contributed by atoms with E-state index in [4.69, 9.17) is 21.1 Å². The number of carbonyl (C=O) groups excluding carboxylic acids is 1. The maximum atomic E-state index is 13.1. The lowest BCUT2D eigenvalue weighted by molar-refractivity contribution is 0.102. The van der Waals surface area contributed by atoms with Gasteiger partial charge in [-0.05, 0) is 38.2 Å². The van der Waals surface area contributed by atoms with Crippen molar-refractivity contribution in [1.82, 2.24) is 15.0 Å². The van der Waals surface area contributed by atoms with E-state index in [1.807, 2.05) is 36.4 Å². The molecule has 1 fully saturated rings. The summed E-state index contributed by atoms with van der Waals surface area (Å²) in [6.45, 7) is 5.72. The van der Waals surface area contributed by atoms with Gasteiger partial charge in [0.25, 0.3) is 5.91 Å². The molecule has 1 amide bonds. The van der Waals surface area contributed by atoms with Crippen LogP contribution in [0.1, 0.15) is 16.1 Å². The molecule has 9 heteroatoms. The summed E-state index contributed by atoms with van der Waals surface area (Å²) >= 11 is 7.96. The number of aromatic nitrogens is 2. The molecule has 0 unspecified atom stereocenters. The Balaban J connectivity index is 1.40. The van der Waals surface area contributed by atoms with Crippen molar-refractivity contribution >= 4 is 49.9 Å². The lowest BCUT2D eigenvalue weighted by Gasteiger charge is -2.31. The van der Waals surface area contributed by atoms with Crippen molar-refractivity contribution in [1.29, 1.82) is 0 Å². The first kappa shape index (κ1) is 20.9. The number of amides is 1. The quantitative estimate of drug-likeness (QED) is 0.459. The van der Waals surface area contributed by atoms with Crippen LogP contribution in [0.3, 0.4) is 0 Å². The van der Waals surface area contributed by atoms with E-state index in [0.29, 0.717) is 33.3 Å². The van der Waals surface area contributed by atoms with E-state index < -0.39 is 0 Å². The number of likely N-dealkylation sites (N-methyl/N-ethyl adjacent to an activating group) is 1. The molecule has 0 spiro atoms. The molecule has 5 rings (SSSR count). The molecule has 164 valence electrons. The molecular weight excluding hydrogens is 446 g/mol. The second kappa shape index (κ2) is 8.54. The predicted molar refractivity (Wildman–Crippen MR) is 129 cm³/mol. The number of benzene rings is 2. The molecule has 7 nitrogen and oxygen atoms in total. The summed E-state index contributed by atoms with van der Waals surface area (Å²) in [4.78, 5) is 22.6. The maximum Gasteiger partial charge on any atom is 0.261 e. The van der Waals surface area contributed by atoms with E-state index in [9.17, 15) is 4.79 Å². The van der Waals surface area contributed by atoms with Gasteiger partial charge in [0.2, 0.25) is 0 Å². The van der Waals surface area contributed by atoms with Gasteiger partial charge in [-0.1, -0.05) is 46.3 Å². The number of hydrogen-bond acceptors (Lipinski definition) is 7. The zero-order valence-corrected chi connectivity index (χ0v) is 19.3. The highest BCUT2D eigenvalue weighted by atomic mass is 35.5. The van der Waals surface area contributed by atoms with Crippen LogP contribution in [0.5, 0.6) is 0 Å². The zero-order valence-electron chi connectivity index (χ0n) is 17.8. The molecular formula is C23H22ClN5O2S. The van der Waals surface area contributed by atoms with Crippen LogP contribution in [-0.4, -0.2) is 54.2 Å². The molecule has 0 bridgehead atoms. The molecule has 1 saturated heterocycles. The first-order valence-corrected chi connectivity index (χ1v) is 11.6. The SMILES string of the molecule is Cc1onc(-c2ccccc2Cl)c1C(=O)Nc1ccc2nc(N3CCN(C)CC3)sc2c1. The highest BCUT2D eigenvalue weighted by molar-refractivity contribution is 7.22. The number of rotatable bonds is 4. The fourth-order valence-corrected chi connectivity index (χ4v) is 5.08. The van der Waals surface area contributed by atoms with Crippen molar-refractivity contribution in [2.45, 2.75) is 6.92 Å². The second-order valence-corrected chi connectivity index (χ2v) is 9.28. The molecule has 1 N–H and O–H groups in total. The average molecular weight is 468 g/mol. The van der Waals surface area contributed by atoms with Crippen LogP contribution < -0.4 is 10.2 Å². The summed E-state index contributed by atoms with van der Waals surface area (Å²) in [5.74, 6) is 0.149. The minimum atomic E-state index is -0.290. The summed E-state index contributed by atoms with van der Waals surface area (Å²) in [5, 5.41) is 8.59. The van der Waals surface area contributed by atoms with Crippen LogP contribution in [0.2, 0.25) is 5.02 Å². The highest BCUT2D eigenvalue weighted by Gasteiger charge is 2.23. The Morgan fingerprint density at radius 3 is 2.72 bits per heavy atom. The molecule has 2 aromatic heterocycles. The third-order valence-electron chi connectivity index (χ3n) is 5.63. The van der Waals surface area contributed by atoms with Gasteiger partial charge in [-0.25, -0.2) is 4.98 Å². The normalized spacial score (nSPS) is 14.8. The Hall–Kier alpha value is -2.94. The molecule has 0 atom stereocenters. The highest BCUT2D eigenvalue weighted by Crippen LogP contribution is 2.33. The molecule has 3 heterocycles. The van der Waals surface area contributed by atoms with Crippen molar-refractivity contribution in [3.05, 3.63) is 58.8 Å². The van der Waals surface area contributed by atoms with Crippen LogP contribution in [0, 0.1) is 6.92 Å². The van der Waals surface area contributed by atoms with Crippen LogP contribution in [0.15, 0.2) is 47.0 Å². The third kappa shape index (κ3) is 3.97. The Labute approximate surface area is 194 Å². The standard InChI is InChI=1S/C23H22ClN5O2S/c1-14-20(21(27-31-14)16-5-3-4-6-17(16)24)22(30)25-15-7-8-18-19(13-15)32-23(26-18)29-11-9-28(2)10-12-29/h3-8,13H,9-12H2,1-2H3,(H,25,30). The van der Waals surface area contributed by atoms with Gasteiger partial charge in [0, 0.05) is 37.4 Å². The molecule has 2 aromatic carbocycles. The van der Waals surface area contributed by atoms with Gasteiger partial charge in [-0.15, -0.1) is 0 Å². The van der Waals surface area contributed by atoms with Gasteiger partial charge in [-0.2, -0.15) is 0 Å². The number of thiazole rings is 1. The number of nitrogens with one attached hydrogen (secondary N) is 1.